The summed E-state index contributed by atoms with van der Waals surface area (Å²) in [5.74, 6) is 1.27. The fourth-order valence-electron chi connectivity index (χ4n) is 2.49. The molecule has 24 heavy (non-hydrogen) atoms. The fourth-order valence-corrected chi connectivity index (χ4v) is 2.49. The lowest BCUT2D eigenvalue weighted by atomic mass is 10.2. The molecule has 0 saturated carbocycles. The van der Waals surface area contributed by atoms with Crippen molar-refractivity contribution >= 4 is 28.6 Å². The summed E-state index contributed by atoms with van der Waals surface area (Å²) in [5.41, 5.74) is 3.00. The molecule has 0 spiro atoms. The minimum atomic E-state index is 0.176. The minimum absolute atomic E-state index is 0.176. The van der Waals surface area contributed by atoms with E-state index in [4.69, 9.17) is 0 Å². The van der Waals surface area contributed by atoms with E-state index in [-0.39, 0.29) is 11.8 Å². The van der Waals surface area contributed by atoms with Gasteiger partial charge in [0.1, 0.15) is 5.75 Å². The molecule has 0 unspecified atom stereocenters. The molecule has 0 amide bonds. The van der Waals surface area contributed by atoms with Crippen molar-refractivity contribution < 1.29 is 5.11 Å². The lowest BCUT2D eigenvalue weighted by Gasteiger charge is -2.12. The second kappa shape index (κ2) is 6.35. The third-order valence-electron chi connectivity index (χ3n) is 3.72. The summed E-state index contributed by atoms with van der Waals surface area (Å²) in [6, 6.07) is 5.70. The first-order valence-electron chi connectivity index (χ1n) is 8.04. The van der Waals surface area contributed by atoms with Gasteiger partial charge in [-0.3, -0.25) is 0 Å². The number of nitrogens with one attached hydrogen (secondary N) is 2. The molecule has 7 heteroatoms. The number of hydrogen-bond acceptors (Lipinski definition) is 6. The van der Waals surface area contributed by atoms with Gasteiger partial charge in [-0.05, 0) is 45.4 Å². The zero-order valence-corrected chi connectivity index (χ0v) is 14.3. The molecule has 126 valence electrons. The minimum Gasteiger partial charge on any atom is -0.506 e. The van der Waals surface area contributed by atoms with Gasteiger partial charge in [-0.1, -0.05) is 6.07 Å². The van der Waals surface area contributed by atoms with Crippen molar-refractivity contribution in [3.05, 3.63) is 30.1 Å². The highest BCUT2D eigenvalue weighted by molar-refractivity contribution is 5.87. The van der Waals surface area contributed by atoms with Crippen molar-refractivity contribution in [2.24, 2.45) is 0 Å². The Morgan fingerprint density at radius 3 is 2.71 bits per heavy atom. The summed E-state index contributed by atoms with van der Waals surface area (Å²) in [7, 11) is 0. The normalized spacial score (nSPS) is 11.2. The fraction of sp³-hybridized carbons (Fsp3) is 0.353. The van der Waals surface area contributed by atoms with Crippen molar-refractivity contribution in [1.82, 2.24) is 19.5 Å². The van der Waals surface area contributed by atoms with Crippen molar-refractivity contribution in [3.8, 4) is 5.75 Å². The van der Waals surface area contributed by atoms with E-state index in [1.165, 1.54) is 0 Å². The Kier molecular flexibility index (Phi) is 4.24. The SMILES string of the molecule is CCNc1nc(Nc2ccc(C)cc2O)c2ncn(C(C)C)c2n1. The van der Waals surface area contributed by atoms with Gasteiger partial charge < -0.3 is 20.3 Å². The van der Waals surface area contributed by atoms with Crippen LogP contribution < -0.4 is 10.6 Å². The van der Waals surface area contributed by atoms with Crippen molar-refractivity contribution in [2.45, 2.75) is 33.7 Å². The molecule has 1 aromatic carbocycles. The van der Waals surface area contributed by atoms with E-state index in [0.717, 1.165) is 17.8 Å². The largest absolute Gasteiger partial charge is 0.506 e. The first kappa shape index (κ1) is 16.0. The number of hydrogen-bond donors (Lipinski definition) is 3. The van der Waals surface area contributed by atoms with Crippen molar-refractivity contribution in [1.29, 1.82) is 0 Å². The van der Waals surface area contributed by atoms with E-state index in [2.05, 4.69) is 39.4 Å². The Balaban J connectivity index is 2.11. The van der Waals surface area contributed by atoms with E-state index >= 15 is 0 Å². The molecule has 2 heterocycles. The molecule has 0 aliphatic rings. The predicted octanol–water partition coefficient (Wildman–Crippen LogP) is 3.60. The number of rotatable bonds is 5. The smallest absolute Gasteiger partial charge is 0.226 e. The molecule has 3 N–H and O–H groups in total. The van der Waals surface area contributed by atoms with Crippen LogP contribution in [0.25, 0.3) is 11.2 Å². The summed E-state index contributed by atoms with van der Waals surface area (Å²) >= 11 is 0. The van der Waals surface area contributed by atoms with Crippen LogP contribution in [-0.2, 0) is 0 Å². The number of phenolic OH excluding ortho intramolecular Hbond substituents is 1. The van der Waals surface area contributed by atoms with Crippen LogP contribution in [0.3, 0.4) is 0 Å². The summed E-state index contributed by atoms with van der Waals surface area (Å²) in [6.07, 6.45) is 1.76. The first-order chi connectivity index (χ1) is 11.5. The molecule has 7 nitrogen and oxygen atoms in total. The van der Waals surface area contributed by atoms with Gasteiger partial charge in [0, 0.05) is 12.6 Å². The monoisotopic (exact) mass is 326 g/mol. The highest BCUT2D eigenvalue weighted by Gasteiger charge is 2.15. The molecule has 0 aliphatic carbocycles. The summed E-state index contributed by atoms with van der Waals surface area (Å²) in [4.78, 5) is 13.5. The predicted molar refractivity (Wildman–Crippen MR) is 96.0 cm³/mol. The van der Waals surface area contributed by atoms with Crippen LogP contribution in [0.5, 0.6) is 5.75 Å². The number of fused-ring (bicyclic) bond motifs is 1. The molecule has 3 aromatic rings. The van der Waals surface area contributed by atoms with E-state index in [1.54, 1.807) is 12.4 Å². The van der Waals surface area contributed by atoms with Gasteiger partial charge in [0.25, 0.3) is 0 Å². The molecule has 0 bridgehead atoms. The lowest BCUT2D eigenvalue weighted by Crippen LogP contribution is -2.07. The molecule has 0 atom stereocenters. The van der Waals surface area contributed by atoms with E-state index in [1.807, 2.05) is 30.5 Å². The maximum absolute atomic E-state index is 10.1. The zero-order valence-electron chi connectivity index (χ0n) is 14.3. The summed E-state index contributed by atoms with van der Waals surface area (Å²) < 4.78 is 2.00. The molecular formula is C17H22N6O. The Hall–Kier alpha value is -2.83. The third kappa shape index (κ3) is 2.97. The lowest BCUT2D eigenvalue weighted by molar-refractivity contribution is 0.477. The van der Waals surface area contributed by atoms with Gasteiger partial charge in [-0.15, -0.1) is 0 Å². The highest BCUT2D eigenvalue weighted by Crippen LogP contribution is 2.30. The molecule has 0 saturated heterocycles. The van der Waals surface area contributed by atoms with Crippen LogP contribution >= 0.6 is 0 Å². The van der Waals surface area contributed by atoms with E-state index in [0.29, 0.717) is 23.0 Å². The summed E-state index contributed by atoms with van der Waals surface area (Å²) in [6.45, 7) is 8.80. The Morgan fingerprint density at radius 1 is 1.25 bits per heavy atom. The molecule has 3 rings (SSSR count). The number of phenols is 1. The second-order valence-electron chi connectivity index (χ2n) is 5.99. The van der Waals surface area contributed by atoms with Gasteiger partial charge in [0.15, 0.2) is 17.0 Å². The standard InChI is InChI=1S/C17H22N6O/c1-5-18-17-21-15(20-12-7-6-11(4)8-13(12)24)14-16(22-17)23(9-19-14)10(2)3/h6-10,24H,5H2,1-4H3,(H2,18,20,21,22). The second-order valence-corrected chi connectivity index (χ2v) is 5.99. The number of nitrogens with zero attached hydrogens (tertiary/aromatic N) is 4. The van der Waals surface area contributed by atoms with E-state index < -0.39 is 0 Å². The number of imidazole rings is 1. The average Bonchev–Trinajstić information content (AvgIpc) is 2.94. The van der Waals surface area contributed by atoms with Crippen molar-refractivity contribution in [2.75, 3.05) is 17.2 Å². The van der Waals surface area contributed by atoms with Crippen molar-refractivity contribution in [3.63, 3.8) is 0 Å². The van der Waals surface area contributed by atoms with Gasteiger partial charge in [0.2, 0.25) is 5.95 Å². The van der Waals surface area contributed by atoms with Gasteiger partial charge in [-0.2, -0.15) is 9.97 Å². The average molecular weight is 326 g/mol. The number of benzene rings is 1. The number of aromatic nitrogens is 4. The molecule has 2 aromatic heterocycles. The van der Waals surface area contributed by atoms with Crippen LogP contribution in [0, 0.1) is 6.92 Å². The summed E-state index contributed by atoms with van der Waals surface area (Å²) in [5, 5.41) is 16.5. The molecular weight excluding hydrogens is 304 g/mol. The van der Waals surface area contributed by atoms with Gasteiger partial charge >= 0.3 is 0 Å². The van der Waals surface area contributed by atoms with Crippen LogP contribution in [0.1, 0.15) is 32.4 Å². The van der Waals surface area contributed by atoms with Crippen LogP contribution in [0.4, 0.5) is 17.5 Å². The maximum atomic E-state index is 10.1. The first-order valence-corrected chi connectivity index (χ1v) is 8.04. The van der Waals surface area contributed by atoms with Gasteiger partial charge in [0.05, 0.1) is 12.0 Å². The maximum Gasteiger partial charge on any atom is 0.226 e. The van der Waals surface area contributed by atoms with Crippen LogP contribution in [0.2, 0.25) is 0 Å². The van der Waals surface area contributed by atoms with Crippen LogP contribution in [0.15, 0.2) is 24.5 Å². The topological polar surface area (TPSA) is 87.9 Å². The van der Waals surface area contributed by atoms with E-state index in [9.17, 15) is 5.11 Å². The number of aryl methyl sites for hydroxylation is 1. The molecule has 0 aliphatic heterocycles. The Labute approximate surface area is 140 Å². The Bertz CT molecular complexity index is 871. The quantitative estimate of drug-likeness (QED) is 0.621. The molecule has 0 radical (unpaired) electrons. The number of anilines is 3. The molecule has 0 fully saturated rings. The van der Waals surface area contributed by atoms with Crippen LogP contribution in [-0.4, -0.2) is 31.2 Å². The highest BCUT2D eigenvalue weighted by atomic mass is 16.3. The van der Waals surface area contributed by atoms with Gasteiger partial charge in [-0.25, -0.2) is 4.98 Å². The third-order valence-corrected chi connectivity index (χ3v) is 3.72. The zero-order chi connectivity index (χ0) is 17.3. The Morgan fingerprint density at radius 2 is 2.04 bits per heavy atom. The number of aromatic hydroxyl groups is 1.